The molecule has 0 aliphatic rings. The molecule has 0 N–H and O–H groups in total. The average Bonchev–Trinajstić information content (AvgIpc) is 3.33. The van der Waals surface area contributed by atoms with E-state index in [4.69, 9.17) is 45.8 Å². The molecule has 332 valence electrons. The molecule has 0 radical (unpaired) electrons. The number of alkyl halides is 8. The van der Waals surface area contributed by atoms with Gasteiger partial charge in [0.2, 0.25) is 0 Å². The Bertz CT molecular complexity index is 2210. The molecule has 0 bridgehead atoms. The van der Waals surface area contributed by atoms with Crippen LogP contribution in [0.5, 0.6) is 5.75 Å². The van der Waals surface area contributed by atoms with Gasteiger partial charge in [0.1, 0.15) is 0 Å². The van der Waals surface area contributed by atoms with E-state index < -0.39 is 50.7 Å². The Kier molecular flexibility index (Phi) is 14.3. The van der Waals surface area contributed by atoms with E-state index >= 15 is 0 Å². The normalized spacial score (nSPS) is 13.6. The van der Waals surface area contributed by atoms with Gasteiger partial charge >= 0.3 is 380 Å². The summed E-state index contributed by atoms with van der Waals surface area (Å²) >= 11 is 13.0. The van der Waals surface area contributed by atoms with Gasteiger partial charge in [0.25, 0.3) is 0 Å². The Morgan fingerprint density at radius 3 is 0.859 bits per heavy atom. The second-order valence-corrected chi connectivity index (χ2v) is 23.0. The predicted octanol–water partition coefficient (Wildman–Crippen LogP) is 11.4. The van der Waals surface area contributed by atoms with E-state index in [1.807, 2.05) is 0 Å². The first kappa shape index (κ1) is 47.2. The standard InChI is InChI=1S/C48H41BCl2F6O5P2/c50-31-33-58-63(41-19-7-1-8-20-41,42-21-9-2-10-22-42,43-23-11-3-12-24-43)61-49(60-40-36-38(47(52,53)54)35-39(37-40)48(55,56)57)62-64(59-34-32-51,44-25-13-4-14-26-44,45-27-15-5-16-28-45)46-29-17-6-18-30-46/h1-30,35-37H,31-34H2. The second-order valence-electron chi connectivity index (χ2n) is 14.3. The van der Waals surface area contributed by atoms with Crippen LogP contribution in [0.3, 0.4) is 0 Å². The van der Waals surface area contributed by atoms with Gasteiger partial charge in [-0.05, 0) is 0 Å². The molecule has 7 aromatic rings. The molecule has 0 atom stereocenters. The van der Waals surface area contributed by atoms with Crippen molar-refractivity contribution in [1.29, 1.82) is 0 Å². The third kappa shape index (κ3) is 8.83. The van der Waals surface area contributed by atoms with Gasteiger partial charge in [-0.1, -0.05) is 0 Å². The van der Waals surface area contributed by atoms with Gasteiger partial charge in [-0.25, -0.2) is 0 Å². The molecule has 0 saturated carbocycles. The summed E-state index contributed by atoms with van der Waals surface area (Å²) < 4.78 is 124. The minimum atomic E-state index is -5.22. The Hall–Kier alpha value is -4.74. The van der Waals surface area contributed by atoms with Gasteiger partial charge in [0.05, 0.1) is 0 Å². The van der Waals surface area contributed by atoms with Crippen LogP contribution in [0.4, 0.5) is 26.3 Å². The summed E-state index contributed by atoms with van der Waals surface area (Å²) in [5.74, 6) is -0.989. The summed E-state index contributed by atoms with van der Waals surface area (Å²) in [4.78, 5) is 0. The van der Waals surface area contributed by atoms with Gasteiger partial charge in [0, 0.05) is 0 Å². The minimum absolute atomic E-state index is 0.0204. The summed E-state index contributed by atoms with van der Waals surface area (Å²) in [5.41, 5.74) is -3.24. The number of rotatable bonds is 18. The number of hydrogen-bond donors (Lipinski definition) is 0. The van der Waals surface area contributed by atoms with Crippen LogP contribution in [0.25, 0.3) is 0 Å². The first-order chi connectivity index (χ1) is 30.8. The molecule has 0 spiro atoms. The maximum absolute atomic E-state index is 14.6. The molecule has 0 heterocycles. The number of hydrogen-bond acceptors (Lipinski definition) is 5. The van der Waals surface area contributed by atoms with E-state index in [1.54, 1.807) is 182 Å². The van der Waals surface area contributed by atoms with Crippen LogP contribution in [-0.2, 0) is 30.3 Å². The molecular weight excluding hydrogens is 914 g/mol. The maximum atomic E-state index is 14.6. The van der Waals surface area contributed by atoms with Crippen molar-refractivity contribution in [3.05, 3.63) is 211 Å². The summed E-state index contributed by atoms with van der Waals surface area (Å²) in [6, 6.07) is 54.0. The van der Waals surface area contributed by atoms with Crippen molar-refractivity contribution in [2.45, 2.75) is 12.4 Å². The Morgan fingerprint density at radius 1 is 0.391 bits per heavy atom. The molecule has 0 amide bonds. The third-order valence-electron chi connectivity index (χ3n) is 10.5. The fourth-order valence-corrected chi connectivity index (χ4v) is 17.8. The summed E-state index contributed by atoms with van der Waals surface area (Å²) in [7, 11) is -12.6. The number of halogens is 8. The van der Waals surface area contributed by atoms with Gasteiger partial charge < -0.3 is 0 Å². The molecule has 5 nitrogen and oxygen atoms in total. The monoisotopic (exact) mass is 954 g/mol. The third-order valence-corrected chi connectivity index (χ3v) is 20.8. The summed E-state index contributed by atoms with van der Waals surface area (Å²) in [6.07, 6.45) is -10.4. The van der Waals surface area contributed by atoms with Crippen LogP contribution in [0, 0.1) is 0 Å². The molecule has 7 rings (SSSR count). The van der Waals surface area contributed by atoms with Gasteiger partial charge in [-0.15, -0.1) is 0 Å². The predicted molar refractivity (Wildman–Crippen MR) is 249 cm³/mol. The molecule has 0 aliphatic carbocycles. The molecule has 7 aromatic carbocycles. The Labute approximate surface area is 378 Å². The first-order valence-corrected chi connectivity index (χ1v) is 25.1. The Balaban J connectivity index is 1.67. The van der Waals surface area contributed by atoms with Crippen molar-refractivity contribution in [1.82, 2.24) is 0 Å². The Morgan fingerprint density at radius 2 is 0.641 bits per heavy atom. The van der Waals surface area contributed by atoms with E-state index in [1.165, 1.54) is 0 Å². The second kappa shape index (κ2) is 19.4. The molecule has 64 heavy (non-hydrogen) atoms. The quantitative estimate of drug-likeness (QED) is 0.0371. The zero-order valence-electron chi connectivity index (χ0n) is 33.9. The fraction of sp³-hybridized carbons (Fsp3) is 0.125. The zero-order valence-corrected chi connectivity index (χ0v) is 37.2. The van der Waals surface area contributed by atoms with Crippen LogP contribution in [0.1, 0.15) is 11.1 Å². The van der Waals surface area contributed by atoms with Crippen molar-refractivity contribution in [2.75, 3.05) is 25.0 Å². The van der Waals surface area contributed by atoms with Crippen molar-refractivity contribution in [2.24, 2.45) is 0 Å². The van der Waals surface area contributed by atoms with Gasteiger partial charge in [-0.2, -0.15) is 0 Å². The van der Waals surface area contributed by atoms with E-state index in [2.05, 4.69) is 0 Å². The van der Waals surface area contributed by atoms with Gasteiger partial charge in [0.15, 0.2) is 0 Å². The van der Waals surface area contributed by atoms with Crippen LogP contribution < -0.4 is 36.5 Å². The molecule has 0 aromatic heterocycles. The van der Waals surface area contributed by atoms with Crippen LogP contribution in [0.15, 0.2) is 200 Å². The summed E-state index contributed by atoms with van der Waals surface area (Å²) in [5, 5.41) is 2.64. The first-order valence-electron chi connectivity index (χ1n) is 19.9. The SMILES string of the molecule is FC(F)(F)c1cc(OB(OP(OCCCl)(c2ccccc2)(c2ccccc2)c2ccccc2)OP(OCCCl)(c2ccccc2)(c2ccccc2)c2ccccc2)cc(C(F)(F)F)c1. The fourth-order valence-electron chi connectivity index (χ4n) is 7.87. The number of benzene rings is 7. The molecule has 0 fully saturated rings. The van der Waals surface area contributed by atoms with E-state index in [0.717, 1.165) is 0 Å². The van der Waals surface area contributed by atoms with Crippen molar-refractivity contribution >= 4 is 76.5 Å². The summed E-state index contributed by atoms with van der Waals surface area (Å²) in [6.45, 7) is -0.316. The molecule has 0 unspecified atom stereocenters. The van der Waals surface area contributed by atoms with Crippen LogP contribution in [0.2, 0.25) is 0 Å². The van der Waals surface area contributed by atoms with Crippen LogP contribution in [-0.4, -0.2) is 32.3 Å². The molecule has 0 saturated heterocycles. The van der Waals surface area contributed by atoms with Crippen LogP contribution >= 0.6 is 37.3 Å². The van der Waals surface area contributed by atoms with Crippen molar-refractivity contribution < 1.29 is 48.9 Å². The van der Waals surface area contributed by atoms with Crippen molar-refractivity contribution in [3.8, 4) is 5.75 Å². The molecular formula is C48H41BCl2F6O5P2. The average molecular weight is 956 g/mol. The zero-order chi connectivity index (χ0) is 45.4. The molecule has 0 aliphatic heterocycles. The van der Waals surface area contributed by atoms with E-state index in [9.17, 15) is 26.3 Å². The topological polar surface area (TPSA) is 46.2 Å². The van der Waals surface area contributed by atoms with Crippen molar-refractivity contribution in [3.63, 3.8) is 0 Å². The van der Waals surface area contributed by atoms with E-state index in [0.29, 0.717) is 44.0 Å². The van der Waals surface area contributed by atoms with Gasteiger partial charge in [-0.3, -0.25) is 0 Å². The van der Waals surface area contributed by atoms with E-state index in [-0.39, 0.29) is 31.0 Å². The molecule has 16 heteroatoms.